The van der Waals surface area contributed by atoms with Gasteiger partial charge in [0.2, 0.25) is 0 Å². The van der Waals surface area contributed by atoms with Crippen LogP contribution in [-0.2, 0) is 0 Å². The number of hydrogen-bond acceptors (Lipinski definition) is 2. The van der Waals surface area contributed by atoms with Crippen molar-refractivity contribution in [2.45, 2.75) is 13.8 Å². The van der Waals surface area contributed by atoms with E-state index in [1.807, 2.05) is 0 Å². The molecule has 0 aliphatic heterocycles. The highest BCUT2D eigenvalue weighted by molar-refractivity contribution is 6.16. The third kappa shape index (κ3) is 9.83. The number of fused-ring (bicyclic) bond motifs is 15. The lowest BCUT2D eigenvalue weighted by atomic mass is 9.92. The van der Waals surface area contributed by atoms with Gasteiger partial charge >= 0.3 is 0 Å². The van der Waals surface area contributed by atoms with Crippen LogP contribution in [0.5, 0.6) is 0 Å². The summed E-state index contributed by atoms with van der Waals surface area (Å²) in [4.78, 5) is 11.8. The minimum absolute atomic E-state index is 0.779. The molecule has 109 heavy (non-hydrogen) atoms. The van der Waals surface area contributed by atoms with Crippen molar-refractivity contribution in [1.29, 1.82) is 0 Å². The largest absolute Gasteiger partial charge is 0.309 e. The first-order valence-electron chi connectivity index (χ1n) is 37.4. The Labute approximate surface area is 628 Å². The van der Waals surface area contributed by atoms with E-state index < -0.39 is 0 Å². The maximum Gasteiger partial charge on any atom is 0.165 e. The van der Waals surface area contributed by atoms with E-state index in [1.165, 1.54) is 65.5 Å². The minimum Gasteiger partial charge on any atom is -0.309 e. The van der Waals surface area contributed by atoms with Gasteiger partial charge in [-0.1, -0.05) is 254 Å². The van der Waals surface area contributed by atoms with E-state index in [0.29, 0.717) is 0 Å². The Morgan fingerprint density at radius 1 is 0.193 bits per heavy atom. The minimum atomic E-state index is 0.779. The molecule has 7 heteroatoms. The Hall–Kier alpha value is -14.4. The van der Waals surface area contributed by atoms with Crippen molar-refractivity contribution < 1.29 is 0 Å². The maximum absolute atomic E-state index is 6.37. The number of aryl methyl sites for hydroxylation is 2. The zero-order valence-corrected chi connectivity index (χ0v) is 59.8. The second-order valence-corrected chi connectivity index (χ2v) is 29.0. The molecule has 7 nitrogen and oxygen atoms in total. The van der Waals surface area contributed by atoms with Crippen LogP contribution < -0.4 is 0 Å². The molecule has 0 N–H and O–H groups in total. The van der Waals surface area contributed by atoms with Crippen LogP contribution >= 0.6 is 0 Å². The molecule has 0 amide bonds. The SMILES string of the molecule is Cc1ccc2c(c1)c1cc(C)ccc1n2-c1c(-c2ccccc2-c2cc(-c3ccccc3)nc(-c3ccccc3)c2)cc(-n2c3ccccc3c3cc(-c4ccc(-n5c6ccccc6c6ccccc65)cc4)ccc32)nc1-n1c2ccccc2c2cc(-c3ccc(-n4c5ccccc5c5ccccc54)cc3)ccc21. The van der Waals surface area contributed by atoms with Gasteiger partial charge in [-0.05, 0) is 180 Å². The molecule has 0 fully saturated rings. The molecular formula is C102H67N7. The number of benzene rings is 15. The topological polar surface area (TPSA) is 50.4 Å². The standard InChI is InChI=1S/C102H67N7/c1-64-41-53-97-83(57-64)84-58-65(2)42-54-98(84)108(97)101-87(76-28-10-9-27-75(76)72-61-88(68-23-5-3-6-24-68)103-89(62-72)69-25-7-4-8-26-69)63-100(107-94-39-21-15-33-81(94)85-59-70(47-55-96(85)107)66-43-49-73(50-44-66)105-90-35-17-11-29-77(90)78-30-12-18-36-91(78)105)104-102(101)109-95-40-22-16-34-82(95)86-60-71(48-56-99(86)109)67-45-51-74(52-46-67)106-92-37-19-13-31-79(92)80-32-14-20-38-93(80)106/h3-63H,1-2H3. The molecule has 510 valence electrons. The molecule has 0 unspecified atom stereocenters. The van der Waals surface area contributed by atoms with Gasteiger partial charge in [-0.2, -0.15) is 0 Å². The van der Waals surface area contributed by atoms with Gasteiger partial charge in [-0.3, -0.25) is 9.13 Å². The van der Waals surface area contributed by atoms with Gasteiger partial charge in [-0.25, -0.2) is 9.97 Å². The first kappa shape index (κ1) is 62.0. The highest BCUT2D eigenvalue weighted by Crippen LogP contribution is 2.48. The van der Waals surface area contributed by atoms with Crippen LogP contribution in [0.25, 0.3) is 205 Å². The Kier molecular flexibility index (Phi) is 14.0. The van der Waals surface area contributed by atoms with Crippen molar-refractivity contribution >= 4 is 109 Å². The van der Waals surface area contributed by atoms with E-state index in [2.05, 4.69) is 407 Å². The second-order valence-electron chi connectivity index (χ2n) is 29.0. The van der Waals surface area contributed by atoms with Crippen LogP contribution in [0.4, 0.5) is 0 Å². The van der Waals surface area contributed by atoms with Gasteiger partial charge in [0, 0.05) is 81.9 Å². The molecule has 7 aromatic heterocycles. The summed E-state index contributed by atoms with van der Waals surface area (Å²) >= 11 is 0. The van der Waals surface area contributed by atoms with Gasteiger partial charge in [0.25, 0.3) is 0 Å². The number of para-hydroxylation sites is 6. The molecule has 22 rings (SSSR count). The molecule has 7 heterocycles. The van der Waals surface area contributed by atoms with Crippen LogP contribution in [-0.4, -0.2) is 32.8 Å². The Balaban J connectivity index is 0.810. The summed E-state index contributed by atoms with van der Waals surface area (Å²) in [5.74, 6) is 1.56. The lowest BCUT2D eigenvalue weighted by Gasteiger charge is -2.23. The van der Waals surface area contributed by atoms with Crippen molar-refractivity contribution in [3.8, 4) is 95.7 Å². The third-order valence-corrected chi connectivity index (χ3v) is 22.6. The van der Waals surface area contributed by atoms with Gasteiger partial charge in [-0.15, -0.1) is 0 Å². The molecule has 0 spiro atoms. The fourth-order valence-electron chi connectivity index (χ4n) is 17.7. The number of aromatic nitrogens is 7. The van der Waals surface area contributed by atoms with Gasteiger partial charge in [0.05, 0.1) is 72.2 Å². The van der Waals surface area contributed by atoms with E-state index >= 15 is 0 Å². The predicted molar refractivity (Wildman–Crippen MR) is 456 cm³/mol. The maximum atomic E-state index is 6.37. The van der Waals surface area contributed by atoms with E-state index in [0.717, 1.165) is 150 Å². The zero-order chi connectivity index (χ0) is 72.0. The Bertz CT molecular complexity index is 7250. The normalized spacial score (nSPS) is 11.9. The molecule has 0 saturated carbocycles. The highest BCUT2D eigenvalue weighted by atomic mass is 15.2. The average Bonchev–Trinajstić information content (AvgIpc) is 1.58. The molecule has 0 aliphatic carbocycles. The zero-order valence-electron chi connectivity index (χ0n) is 59.8. The fraction of sp³-hybridized carbons (Fsp3) is 0.0196. The quantitative estimate of drug-likeness (QED) is 0.130. The molecule has 22 aromatic rings. The molecule has 0 atom stereocenters. The van der Waals surface area contributed by atoms with E-state index in [-0.39, 0.29) is 0 Å². The summed E-state index contributed by atoms with van der Waals surface area (Å²) in [7, 11) is 0. The van der Waals surface area contributed by atoms with Gasteiger partial charge in [0.15, 0.2) is 5.82 Å². The molecule has 0 aliphatic rings. The molecular weight excluding hydrogens is 1320 g/mol. The van der Waals surface area contributed by atoms with Crippen molar-refractivity contribution in [2.75, 3.05) is 0 Å². The van der Waals surface area contributed by atoms with Crippen LogP contribution in [0.2, 0.25) is 0 Å². The van der Waals surface area contributed by atoms with Crippen molar-refractivity contribution in [2.24, 2.45) is 0 Å². The molecule has 0 saturated heterocycles. The molecule has 15 aromatic carbocycles. The van der Waals surface area contributed by atoms with Gasteiger partial charge < -0.3 is 13.7 Å². The van der Waals surface area contributed by atoms with E-state index in [1.54, 1.807) is 0 Å². The summed E-state index contributed by atoms with van der Waals surface area (Å²) < 4.78 is 12.2. The number of hydrogen-bond donors (Lipinski definition) is 0. The second kappa shape index (κ2) is 24.6. The highest BCUT2D eigenvalue weighted by Gasteiger charge is 2.29. The number of rotatable bonds is 11. The van der Waals surface area contributed by atoms with E-state index in [4.69, 9.17) is 9.97 Å². The Morgan fingerprint density at radius 3 is 0.972 bits per heavy atom. The summed E-state index contributed by atoms with van der Waals surface area (Å²) in [5.41, 5.74) is 29.2. The summed E-state index contributed by atoms with van der Waals surface area (Å²) in [6, 6.07) is 136. The first-order valence-corrected chi connectivity index (χ1v) is 37.4. The van der Waals surface area contributed by atoms with E-state index in [9.17, 15) is 0 Å². The smallest absolute Gasteiger partial charge is 0.165 e. The molecule has 0 radical (unpaired) electrons. The van der Waals surface area contributed by atoms with Crippen LogP contribution in [0, 0.1) is 13.8 Å². The van der Waals surface area contributed by atoms with Crippen LogP contribution in [0.1, 0.15) is 11.1 Å². The lowest BCUT2D eigenvalue weighted by Crippen LogP contribution is -2.11. The first-order chi connectivity index (χ1) is 53.9. The van der Waals surface area contributed by atoms with Crippen molar-refractivity contribution in [1.82, 2.24) is 32.8 Å². The predicted octanol–water partition coefficient (Wildman–Crippen LogP) is 26.6. The summed E-state index contributed by atoms with van der Waals surface area (Å²) in [6.45, 7) is 4.41. The van der Waals surface area contributed by atoms with Gasteiger partial charge in [0.1, 0.15) is 5.82 Å². The average molecular weight is 1390 g/mol. The third-order valence-electron chi connectivity index (χ3n) is 22.6. The number of pyridine rings is 2. The van der Waals surface area contributed by atoms with Crippen molar-refractivity contribution in [3.63, 3.8) is 0 Å². The van der Waals surface area contributed by atoms with Crippen molar-refractivity contribution in [3.05, 3.63) is 381 Å². The number of nitrogens with zero attached hydrogens (tertiary/aromatic N) is 7. The summed E-state index contributed by atoms with van der Waals surface area (Å²) in [6.07, 6.45) is 0. The van der Waals surface area contributed by atoms with Crippen LogP contribution in [0.15, 0.2) is 370 Å². The fourth-order valence-corrected chi connectivity index (χ4v) is 17.7. The molecule has 0 bridgehead atoms. The van der Waals surface area contributed by atoms with Crippen LogP contribution in [0.3, 0.4) is 0 Å². The monoisotopic (exact) mass is 1390 g/mol. The summed E-state index contributed by atoms with van der Waals surface area (Å²) in [5, 5.41) is 11.9. The Morgan fingerprint density at radius 2 is 0.523 bits per heavy atom. The lowest BCUT2D eigenvalue weighted by molar-refractivity contribution is 0.985.